The molecule has 6 heteroatoms. The van der Waals surface area contributed by atoms with Crippen molar-refractivity contribution in [2.75, 3.05) is 6.54 Å². The standard InChI is InChI=1S/C29H27ClN2O3/c1-2-3-26(19-4-6-20(7-5-19)29(35)31-15-14-28(33)34)24-11-10-21-16-23(9-8-22(21)17-24)25-12-13-27(30)32-18-25/h4-13,16-18,26H,2-3,14-15H2,1H3,(H,31,35)(H,33,34). The molecule has 1 unspecified atom stereocenters. The number of hydrogen-bond acceptors (Lipinski definition) is 3. The van der Waals surface area contributed by atoms with Crippen molar-refractivity contribution >= 4 is 34.2 Å². The molecule has 35 heavy (non-hydrogen) atoms. The van der Waals surface area contributed by atoms with Crippen molar-refractivity contribution in [1.82, 2.24) is 10.3 Å². The summed E-state index contributed by atoms with van der Waals surface area (Å²) in [5, 5.41) is 14.2. The van der Waals surface area contributed by atoms with Gasteiger partial charge >= 0.3 is 5.97 Å². The summed E-state index contributed by atoms with van der Waals surface area (Å²) >= 11 is 5.92. The second-order valence-electron chi connectivity index (χ2n) is 8.55. The zero-order valence-corrected chi connectivity index (χ0v) is 20.3. The number of carboxylic acids is 1. The van der Waals surface area contributed by atoms with Gasteiger partial charge < -0.3 is 10.4 Å². The molecule has 1 amide bonds. The summed E-state index contributed by atoms with van der Waals surface area (Å²) in [4.78, 5) is 27.1. The van der Waals surface area contributed by atoms with Crippen LogP contribution >= 0.6 is 11.6 Å². The second kappa shape index (κ2) is 11.2. The third-order valence-electron chi connectivity index (χ3n) is 6.10. The molecular weight excluding hydrogens is 460 g/mol. The van der Waals surface area contributed by atoms with E-state index < -0.39 is 5.97 Å². The number of carbonyl (C=O) groups is 2. The average Bonchev–Trinajstić information content (AvgIpc) is 2.87. The molecule has 4 aromatic rings. The number of amides is 1. The number of benzene rings is 3. The van der Waals surface area contributed by atoms with Crippen LogP contribution in [-0.2, 0) is 4.79 Å². The van der Waals surface area contributed by atoms with Gasteiger partial charge in [0.05, 0.1) is 6.42 Å². The summed E-state index contributed by atoms with van der Waals surface area (Å²) < 4.78 is 0. The highest BCUT2D eigenvalue weighted by Gasteiger charge is 2.15. The Morgan fingerprint density at radius 2 is 1.60 bits per heavy atom. The van der Waals surface area contributed by atoms with E-state index in [1.165, 1.54) is 10.9 Å². The van der Waals surface area contributed by atoms with Crippen molar-refractivity contribution < 1.29 is 14.7 Å². The minimum absolute atomic E-state index is 0.0948. The number of carboxylic acid groups (broad SMARTS) is 1. The maximum atomic E-state index is 12.3. The number of hydrogen-bond donors (Lipinski definition) is 2. The van der Waals surface area contributed by atoms with Crippen molar-refractivity contribution in [1.29, 1.82) is 0 Å². The lowest BCUT2D eigenvalue weighted by Gasteiger charge is -2.19. The molecule has 4 rings (SSSR count). The van der Waals surface area contributed by atoms with Crippen molar-refractivity contribution in [2.45, 2.75) is 32.1 Å². The van der Waals surface area contributed by atoms with Gasteiger partial charge in [-0.1, -0.05) is 67.4 Å². The van der Waals surface area contributed by atoms with E-state index in [0.717, 1.165) is 34.9 Å². The van der Waals surface area contributed by atoms with E-state index in [1.807, 2.05) is 30.3 Å². The fourth-order valence-corrected chi connectivity index (χ4v) is 4.39. The van der Waals surface area contributed by atoms with Crippen LogP contribution in [0.4, 0.5) is 0 Å². The maximum Gasteiger partial charge on any atom is 0.305 e. The number of pyridine rings is 1. The van der Waals surface area contributed by atoms with Crippen LogP contribution in [0.2, 0.25) is 5.15 Å². The topological polar surface area (TPSA) is 79.3 Å². The summed E-state index contributed by atoms with van der Waals surface area (Å²) in [6.45, 7) is 2.28. The molecule has 3 aromatic carbocycles. The number of rotatable bonds is 9. The lowest BCUT2D eigenvalue weighted by Crippen LogP contribution is -2.25. The Morgan fingerprint density at radius 1 is 0.914 bits per heavy atom. The van der Waals surface area contributed by atoms with Crippen LogP contribution in [0.1, 0.15) is 53.6 Å². The highest BCUT2D eigenvalue weighted by atomic mass is 35.5. The Hall–Kier alpha value is -3.70. The first-order valence-electron chi connectivity index (χ1n) is 11.7. The molecule has 0 aliphatic rings. The fraction of sp³-hybridized carbons (Fsp3) is 0.207. The van der Waals surface area contributed by atoms with Crippen LogP contribution < -0.4 is 5.32 Å². The largest absolute Gasteiger partial charge is 0.481 e. The van der Waals surface area contributed by atoms with Gasteiger partial charge in [0.15, 0.2) is 0 Å². The molecule has 0 aliphatic carbocycles. The van der Waals surface area contributed by atoms with Gasteiger partial charge in [0.2, 0.25) is 0 Å². The van der Waals surface area contributed by atoms with Crippen LogP contribution in [0.5, 0.6) is 0 Å². The minimum atomic E-state index is -0.934. The molecule has 1 heterocycles. The van der Waals surface area contributed by atoms with E-state index in [4.69, 9.17) is 16.7 Å². The Balaban J connectivity index is 1.56. The molecule has 0 radical (unpaired) electrons. The molecule has 0 fully saturated rings. The number of fused-ring (bicyclic) bond motifs is 1. The Kier molecular flexibility index (Phi) is 7.78. The lowest BCUT2D eigenvalue weighted by atomic mass is 9.86. The molecule has 0 bridgehead atoms. The Labute approximate surface area is 209 Å². The molecule has 2 N–H and O–H groups in total. The summed E-state index contributed by atoms with van der Waals surface area (Å²) in [6, 6.07) is 24.3. The van der Waals surface area contributed by atoms with Crippen molar-refractivity contribution in [2.24, 2.45) is 0 Å². The molecule has 5 nitrogen and oxygen atoms in total. The predicted octanol–water partition coefficient (Wildman–Crippen LogP) is 6.69. The minimum Gasteiger partial charge on any atom is -0.481 e. The maximum absolute atomic E-state index is 12.3. The van der Waals surface area contributed by atoms with E-state index in [2.05, 4.69) is 53.6 Å². The lowest BCUT2D eigenvalue weighted by molar-refractivity contribution is -0.136. The van der Waals surface area contributed by atoms with Crippen LogP contribution in [0.25, 0.3) is 21.9 Å². The van der Waals surface area contributed by atoms with Gasteiger partial charge in [-0.25, -0.2) is 4.98 Å². The molecular formula is C29H27ClN2O3. The highest BCUT2D eigenvalue weighted by Crippen LogP contribution is 2.33. The van der Waals surface area contributed by atoms with Crippen LogP contribution in [0, 0.1) is 0 Å². The van der Waals surface area contributed by atoms with E-state index >= 15 is 0 Å². The monoisotopic (exact) mass is 486 g/mol. The first-order valence-corrected chi connectivity index (χ1v) is 12.1. The van der Waals surface area contributed by atoms with Gasteiger partial charge in [0.1, 0.15) is 5.15 Å². The van der Waals surface area contributed by atoms with E-state index in [0.29, 0.717) is 10.7 Å². The smallest absolute Gasteiger partial charge is 0.305 e. The molecule has 178 valence electrons. The molecule has 0 saturated heterocycles. The van der Waals surface area contributed by atoms with Crippen LogP contribution in [-0.4, -0.2) is 28.5 Å². The number of carbonyl (C=O) groups excluding carboxylic acids is 1. The number of aromatic nitrogens is 1. The van der Waals surface area contributed by atoms with Crippen LogP contribution in [0.3, 0.4) is 0 Å². The summed E-state index contributed by atoms with van der Waals surface area (Å²) in [5.74, 6) is -0.979. The third kappa shape index (κ3) is 6.06. The van der Waals surface area contributed by atoms with Gasteiger partial charge in [-0.15, -0.1) is 0 Å². The molecule has 0 aliphatic heterocycles. The number of halogens is 1. The SMILES string of the molecule is CCCC(c1ccc(C(=O)NCCC(=O)O)cc1)c1ccc2cc(-c3ccc(Cl)nc3)ccc2c1. The van der Waals surface area contributed by atoms with Gasteiger partial charge in [0.25, 0.3) is 5.91 Å². The van der Waals surface area contributed by atoms with E-state index in [1.54, 1.807) is 12.3 Å². The molecule has 1 aromatic heterocycles. The zero-order chi connectivity index (χ0) is 24.8. The quantitative estimate of drug-likeness (QED) is 0.258. The number of aliphatic carboxylic acids is 1. The van der Waals surface area contributed by atoms with Gasteiger partial charge in [-0.3, -0.25) is 9.59 Å². The van der Waals surface area contributed by atoms with Gasteiger partial charge in [-0.05, 0) is 64.2 Å². The summed E-state index contributed by atoms with van der Waals surface area (Å²) in [6.07, 6.45) is 3.71. The number of nitrogens with zero attached hydrogens (tertiary/aromatic N) is 1. The van der Waals surface area contributed by atoms with Crippen molar-refractivity contribution in [3.63, 3.8) is 0 Å². The second-order valence-corrected chi connectivity index (χ2v) is 8.94. The number of nitrogens with one attached hydrogen (secondary N) is 1. The van der Waals surface area contributed by atoms with E-state index in [-0.39, 0.29) is 24.8 Å². The first-order chi connectivity index (χ1) is 16.9. The fourth-order valence-electron chi connectivity index (χ4n) is 4.27. The zero-order valence-electron chi connectivity index (χ0n) is 19.5. The van der Waals surface area contributed by atoms with E-state index in [9.17, 15) is 9.59 Å². The third-order valence-corrected chi connectivity index (χ3v) is 6.33. The van der Waals surface area contributed by atoms with Gasteiger partial charge in [-0.2, -0.15) is 0 Å². The summed E-state index contributed by atoms with van der Waals surface area (Å²) in [7, 11) is 0. The molecule has 0 spiro atoms. The van der Waals surface area contributed by atoms with Crippen molar-refractivity contribution in [3.8, 4) is 11.1 Å². The van der Waals surface area contributed by atoms with Crippen molar-refractivity contribution in [3.05, 3.63) is 101 Å². The normalized spacial score (nSPS) is 11.8. The Bertz CT molecular complexity index is 1330. The first kappa shape index (κ1) is 24.4. The summed E-state index contributed by atoms with van der Waals surface area (Å²) in [5.41, 5.74) is 5.03. The molecule has 1 atom stereocenters. The van der Waals surface area contributed by atoms with Gasteiger partial charge in [0, 0.05) is 29.8 Å². The highest BCUT2D eigenvalue weighted by molar-refractivity contribution is 6.29. The van der Waals surface area contributed by atoms with Crippen LogP contribution in [0.15, 0.2) is 79.0 Å². The Morgan fingerprint density at radius 3 is 2.29 bits per heavy atom. The average molecular weight is 487 g/mol. The predicted molar refractivity (Wildman–Crippen MR) is 140 cm³/mol. The molecule has 0 saturated carbocycles.